The number of likely N-dealkylation sites (N-methyl/N-ethyl adjacent to an activating group) is 1. The van der Waals surface area contributed by atoms with Crippen molar-refractivity contribution >= 4 is 11.8 Å². The molecule has 0 radical (unpaired) electrons. The molecule has 2 amide bonds. The lowest BCUT2D eigenvalue weighted by Gasteiger charge is -2.42. The second kappa shape index (κ2) is 9.03. The van der Waals surface area contributed by atoms with Gasteiger partial charge in [0.1, 0.15) is 0 Å². The number of rotatable bonds is 5. The van der Waals surface area contributed by atoms with Gasteiger partial charge in [-0.05, 0) is 23.6 Å². The van der Waals surface area contributed by atoms with Gasteiger partial charge in [0.25, 0.3) is 11.8 Å². The normalized spacial score (nSPS) is 18.2. The highest BCUT2D eigenvalue weighted by Crippen LogP contribution is 2.28. The first kappa shape index (κ1) is 22.5. The number of morpholine rings is 1. The summed E-state index contributed by atoms with van der Waals surface area (Å²) in [5.74, 6) is -0.767. The zero-order valence-electron chi connectivity index (χ0n) is 18.9. The monoisotopic (exact) mass is 449 g/mol. The highest BCUT2D eigenvalue weighted by atomic mass is 16.5. The predicted octanol–water partition coefficient (Wildman–Crippen LogP) is 1.62. The number of nitrogens with one attached hydrogen (secondary N) is 2. The Bertz CT molecular complexity index is 1210. The summed E-state index contributed by atoms with van der Waals surface area (Å²) in [6.45, 7) is 2.60. The van der Waals surface area contributed by atoms with E-state index in [0.29, 0.717) is 13.0 Å². The zero-order chi connectivity index (χ0) is 23.6. The van der Waals surface area contributed by atoms with Crippen LogP contribution in [0.2, 0.25) is 0 Å². The Balaban J connectivity index is 1.60. The summed E-state index contributed by atoms with van der Waals surface area (Å²) in [5, 5.41) is 5.92. The minimum absolute atomic E-state index is 0.0529. The van der Waals surface area contributed by atoms with Gasteiger partial charge < -0.3 is 14.5 Å². The fourth-order valence-corrected chi connectivity index (χ4v) is 4.17. The van der Waals surface area contributed by atoms with Gasteiger partial charge in [0.05, 0.1) is 13.2 Å². The van der Waals surface area contributed by atoms with Crippen LogP contribution in [0.15, 0.2) is 53.3 Å². The summed E-state index contributed by atoms with van der Waals surface area (Å²) < 4.78 is 6.06. The molecule has 1 aromatic heterocycles. The van der Waals surface area contributed by atoms with Gasteiger partial charge in [-0.3, -0.25) is 14.6 Å². The van der Waals surface area contributed by atoms with E-state index in [1.165, 1.54) is 15.4 Å². The number of aromatic nitrogens is 3. The summed E-state index contributed by atoms with van der Waals surface area (Å²) in [5.41, 5.74) is 2.52. The van der Waals surface area contributed by atoms with Gasteiger partial charge >= 0.3 is 5.69 Å². The topological polar surface area (TPSA) is 111 Å². The van der Waals surface area contributed by atoms with Crippen LogP contribution in [-0.2, 0) is 16.0 Å². The molecule has 9 nitrogen and oxygen atoms in total. The van der Waals surface area contributed by atoms with Gasteiger partial charge in [-0.1, -0.05) is 54.1 Å². The van der Waals surface area contributed by atoms with E-state index in [2.05, 4.69) is 40.3 Å². The molecule has 9 heteroatoms. The van der Waals surface area contributed by atoms with Gasteiger partial charge in [0.15, 0.2) is 5.60 Å². The molecule has 1 aliphatic rings. The van der Waals surface area contributed by atoms with Crippen LogP contribution >= 0.6 is 0 Å². The van der Waals surface area contributed by atoms with Crippen molar-refractivity contribution in [1.82, 2.24) is 25.0 Å². The van der Waals surface area contributed by atoms with Gasteiger partial charge in [-0.25, -0.2) is 9.89 Å². The molecular formula is C24H27N5O4. The molecule has 0 saturated carbocycles. The molecule has 4 rings (SSSR count). The Morgan fingerprint density at radius 3 is 2.55 bits per heavy atom. The molecule has 1 atom stereocenters. The number of H-pyrrole nitrogens is 2. The van der Waals surface area contributed by atoms with Crippen LogP contribution < -0.4 is 5.69 Å². The summed E-state index contributed by atoms with van der Waals surface area (Å²) >= 11 is 0. The second-order valence-corrected chi connectivity index (χ2v) is 8.54. The molecule has 2 heterocycles. The number of benzene rings is 2. The van der Waals surface area contributed by atoms with Crippen LogP contribution in [0.25, 0.3) is 11.1 Å². The van der Waals surface area contributed by atoms with Gasteiger partial charge in [0, 0.05) is 27.1 Å². The molecule has 0 aliphatic carbocycles. The first-order valence-electron chi connectivity index (χ1n) is 10.7. The molecule has 1 saturated heterocycles. The van der Waals surface area contributed by atoms with E-state index in [4.69, 9.17) is 4.74 Å². The SMILES string of the molecule is Cc1cccc(-c2ccc(C[C@@]3(C(=O)N(C)C)CN(C(=O)c4n[nH]c(=O)[nH]4)CCO3)cc2)c1. The van der Waals surface area contributed by atoms with Crippen molar-refractivity contribution < 1.29 is 14.3 Å². The average Bonchev–Trinajstić information content (AvgIpc) is 3.25. The minimum atomic E-state index is -1.24. The fourth-order valence-electron chi connectivity index (χ4n) is 4.17. The van der Waals surface area contributed by atoms with E-state index in [1.54, 1.807) is 14.1 Å². The zero-order valence-corrected chi connectivity index (χ0v) is 18.9. The number of hydrogen-bond donors (Lipinski definition) is 2. The Kier molecular flexibility index (Phi) is 6.15. The number of hydrogen-bond acceptors (Lipinski definition) is 5. The maximum absolute atomic E-state index is 13.2. The third-order valence-corrected chi connectivity index (χ3v) is 5.77. The van der Waals surface area contributed by atoms with Crippen LogP contribution in [0.1, 0.15) is 21.7 Å². The molecule has 3 aromatic rings. The predicted molar refractivity (Wildman–Crippen MR) is 123 cm³/mol. The van der Waals surface area contributed by atoms with Gasteiger partial charge in [-0.2, -0.15) is 0 Å². The molecule has 1 aliphatic heterocycles. The number of aryl methyl sites for hydroxylation is 1. The van der Waals surface area contributed by atoms with Crippen molar-refractivity contribution in [2.45, 2.75) is 18.9 Å². The largest absolute Gasteiger partial charge is 0.361 e. The van der Waals surface area contributed by atoms with E-state index in [-0.39, 0.29) is 24.9 Å². The summed E-state index contributed by atoms with van der Waals surface area (Å²) in [6, 6.07) is 16.3. The standard InChI is InChI=1S/C24H27N5O4/c1-16-5-4-6-19(13-16)18-9-7-17(8-10-18)14-24(22(31)28(2)3)15-29(11-12-33-24)21(30)20-25-23(32)27-26-20/h4-10,13H,11-12,14-15H2,1-3H3,(H2,25,26,27,32)/t24-/m0/s1. The molecule has 33 heavy (non-hydrogen) atoms. The third-order valence-electron chi connectivity index (χ3n) is 5.77. The third kappa shape index (κ3) is 4.73. The quantitative estimate of drug-likeness (QED) is 0.615. The number of ether oxygens (including phenoxy) is 1. The van der Waals surface area contributed by atoms with E-state index in [1.807, 2.05) is 30.3 Å². The maximum atomic E-state index is 13.2. The smallest absolute Gasteiger partial charge is 0.341 e. The van der Waals surface area contributed by atoms with Crippen molar-refractivity contribution in [3.63, 3.8) is 0 Å². The minimum Gasteiger partial charge on any atom is -0.361 e. The van der Waals surface area contributed by atoms with Crippen molar-refractivity contribution in [3.05, 3.63) is 76.0 Å². The van der Waals surface area contributed by atoms with Crippen molar-refractivity contribution in [3.8, 4) is 11.1 Å². The average molecular weight is 450 g/mol. The Labute approximate surface area is 191 Å². The summed E-state index contributed by atoms with van der Waals surface area (Å²) in [6.07, 6.45) is 0.305. The van der Waals surface area contributed by atoms with Crippen molar-refractivity contribution in [2.75, 3.05) is 33.8 Å². The molecule has 2 aromatic carbocycles. The van der Waals surface area contributed by atoms with Crippen LogP contribution in [0.5, 0.6) is 0 Å². The summed E-state index contributed by atoms with van der Waals surface area (Å²) in [7, 11) is 3.33. The van der Waals surface area contributed by atoms with E-state index >= 15 is 0 Å². The molecule has 0 bridgehead atoms. The highest BCUT2D eigenvalue weighted by molar-refractivity contribution is 5.92. The molecule has 0 unspecified atom stereocenters. The number of carbonyl (C=O) groups is 2. The van der Waals surface area contributed by atoms with Crippen LogP contribution in [0.3, 0.4) is 0 Å². The lowest BCUT2D eigenvalue weighted by atomic mass is 9.90. The van der Waals surface area contributed by atoms with Crippen LogP contribution in [0, 0.1) is 6.92 Å². The second-order valence-electron chi connectivity index (χ2n) is 8.54. The fraction of sp³-hybridized carbons (Fsp3) is 0.333. The van der Waals surface area contributed by atoms with E-state index < -0.39 is 17.2 Å². The van der Waals surface area contributed by atoms with E-state index in [0.717, 1.165) is 16.7 Å². The molecular weight excluding hydrogens is 422 g/mol. The maximum Gasteiger partial charge on any atom is 0.341 e. The Hall–Kier alpha value is -3.72. The van der Waals surface area contributed by atoms with Gasteiger partial charge in [-0.15, -0.1) is 5.10 Å². The van der Waals surface area contributed by atoms with E-state index in [9.17, 15) is 14.4 Å². The van der Waals surface area contributed by atoms with Crippen molar-refractivity contribution in [2.24, 2.45) is 0 Å². The van der Waals surface area contributed by atoms with Crippen LogP contribution in [0.4, 0.5) is 0 Å². The Morgan fingerprint density at radius 2 is 1.91 bits per heavy atom. The highest BCUT2D eigenvalue weighted by Gasteiger charge is 2.46. The lowest BCUT2D eigenvalue weighted by molar-refractivity contribution is -0.165. The molecule has 0 spiro atoms. The summed E-state index contributed by atoms with van der Waals surface area (Å²) in [4.78, 5) is 42.8. The Morgan fingerprint density at radius 1 is 1.15 bits per heavy atom. The molecule has 172 valence electrons. The van der Waals surface area contributed by atoms with Crippen LogP contribution in [-0.4, -0.2) is 76.2 Å². The molecule has 2 N–H and O–H groups in total. The number of amides is 2. The number of nitrogens with zero attached hydrogens (tertiary/aromatic N) is 3. The number of carbonyl (C=O) groups excluding carboxylic acids is 2. The first-order valence-corrected chi connectivity index (χ1v) is 10.7. The molecule has 1 fully saturated rings. The van der Waals surface area contributed by atoms with Crippen molar-refractivity contribution in [1.29, 1.82) is 0 Å². The first-order chi connectivity index (χ1) is 15.8. The lowest BCUT2D eigenvalue weighted by Crippen LogP contribution is -2.61. The van der Waals surface area contributed by atoms with Gasteiger partial charge in [0.2, 0.25) is 5.82 Å². The number of aromatic amines is 2.